The largest absolute Gasteiger partial charge is 0.481 e. The zero-order valence-corrected chi connectivity index (χ0v) is 13.1. The molecule has 8 nitrogen and oxygen atoms in total. The molecular formula is C12H22N2O6S. The average molecular weight is 322 g/mol. The van der Waals surface area contributed by atoms with Crippen LogP contribution in [0.25, 0.3) is 0 Å². The van der Waals surface area contributed by atoms with Gasteiger partial charge < -0.3 is 9.84 Å². The van der Waals surface area contributed by atoms with Crippen molar-refractivity contribution >= 4 is 22.3 Å². The first-order valence-electron chi connectivity index (χ1n) is 6.91. The highest BCUT2D eigenvalue weighted by Crippen LogP contribution is 2.23. The number of hydrogen-bond donors (Lipinski definition) is 2. The van der Waals surface area contributed by atoms with Crippen molar-refractivity contribution in [1.82, 2.24) is 9.03 Å². The molecule has 0 unspecified atom stereocenters. The summed E-state index contributed by atoms with van der Waals surface area (Å²) in [6.07, 6.45) is 0.434. The van der Waals surface area contributed by atoms with Crippen molar-refractivity contribution in [2.75, 3.05) is 13.1 Å². The SMILES string of the molecule is CC(C)OC(=O)NS(=O)(=O)N1CCC(CCC(=O)O)CC1. The third-order valence-electron chi connectivity index (χ3n) is 3.23. The third-order valence-corrected chi connectivity index (χ3v) is 4.70. The summed E-state index contributed by atoms with van der Waals surface area (Å²) >= 11 is 0. The van der Waals surface area contributed by atoms with E-state index in [1.54, 1.807) is 13.8 Å². The summed E-state index contributed by atoms with van der Waals surface area (Å²) in [6.45, 7) is 3.80. The minimum absolute atomic E-state index is 0.0936. The monoisotopic (exact) mass is 322 g/mol. The second-order valence-electron chi connectivity index (χ2n) is 5.34. The lowest BCUT2D eigenvalue weighted by molar-refractivity contribution is -0.137. The highest BCUT2D eigenvalue weighted by molar-refractivity contribution is 7.87. The summed E-state index contributed by atoms with van der Waals surface area (Å²) in [4.78, 5) is 21.9. The fourth-order valence-electron chi connectivity index (χ4n) is 2.17. The lowest BCUT2D eigenvalue weighted by Crippen LogP contribution is -2.47. The number of carboxylic acid groups (broad SMARTS) is 1. The van der Waals surface area contributed by atoms with Crippen molar-refractivity contribution < 1.29 is 27.9 Å². The maximum Gasteiger partial charge on any atom is 0.422 e. The number of piperidine rings is 1. The highest BCUT2D eigenvalue weighted by Gasteiger charge is 2.29. The van der Waals surface area contributed by atoms with E-state index in [0.29, 0.717) is 19.3 Å². The van der Waals surface area contributed by atoms with Crippen LogP contribution in [0.4, 0.5) is 4.79 Å². The Morgan fingerprint density at radius 2 is 1.90 bits per heavy atom. The molecule has 2 N–H and O–H groups in total. The molecule has 0 aromatic rings. The number of hydrogen-bond acceptors (Lipinski definition) is 5. The van der Waals surface area contributed by atoms with Gasteiger partial charge in [0.25, 0.3) is 0 Å². The number of ether oxygens (including phenoxy) is 1. The maximum absolute atomic E-state index is 12.0. The Labute approximate surface area is 124 Å². The fraction of sp³-hybridized carbons (Fsp3) is 0.833. The maximum atomic E-state index is 12.0. The van der Waals surface area contributed by atoms with Crippen LogP contribution in [-0.4, -0.2) is 49.1 Å². The zero-order valence-electron chi connectivity index (χ0n) is 12.2. The van der Waals surface area contributed by atoms with Crippen LogP contribution < -0.4 is 4.72 Å². The molecular weight excluding hydrogens is 300 g/mol. The van der Waals surface area contributed by atoms with Crippen LogP contribution in [0, 0.1) is 5.92 Å². The summed E-state index contributed by atoms with van der Waals surface area (Å²) in [6, 6.07) is 0. The molecule has 1 saturated heterocycles. The zero-order chi connectivity index (χ0) is 16.0. The first kappa shape index (κ1) is 17.7. The second-order valence-corrected chi connectivity index (χ2v) is 7.01. The van der Waals surface area contributed by atoms with Crippen LogP contribution in [0.15, 0.2) is 0 Å². The first-order chi connectivity index (χ1) is 9.70. The van der Waals surface area contributed by atoms with E-state index < -0.39 is 28.4 Å². The van der Waals surface area contributed by atoms with E-state index in [1.165, 1.54) is 4.31 Å². The van der Waals surface area contributed by atoms with E-state index in [9.17, 15) is 18.0 Å². The lowest BCUT2D eigenvalue weighted by atomic mass is 9.93. The van der Waals surface area contributed by atoms with E-state index in [4.69, 9.17) is 9.84 Å². The Morgan fingerprint density at radius 3 is 2.38 bits per heavy atom. The molecule has 0 radical (unpaired) electrons. The predicted molar refractivity (Wildman–Crippen MR) is 74.8 cm³/mol. The van der Waals surface area contributed by atoms with Crippen molar-refractivity contribution in [3.8, 4) is 0 Å². The molecule has 1 fully saturated rings. The second kappa shape index (κ2) is 7.60. The number of nitrogens with one attached hydrogen (secondary N) is 1. The van der Waals surface area contributed by atoms with Crippen molar-refractivity contribution in [1.29, 1.82) is 0 Å². The van der Waals surface area contributed by atoms with E-state index >= 15 is 0 Å². The fourth-order valence-corrected chi connectivity index (χ4v) is 3.25. The van der Waals surface area contributed by atoms with Gasteiger partial charge >= 0.3 is 22.3 Å². The molecule has 1 amide bonds. The molecule has 1 aliphatic heterocycles. The molecule has 21 heavy (non-hydrogen) atoms. The van der Waals surface area contributed by atoms with E-state index in [1.807, 2.05) is 4.72 Å². The summed E-state index contributed by atoms with van der Waals surface area (Å²) < 4.78 is 31.7. The van der Waals surface area contributed by atoms with Gasteiger partial charge in [-0.25, -0.2) is 9.52 Å². The Hall–Kier alpha value is -1.35. The number of amides is 1. The molecule has 1 heterocycles. The molecule has 1 rings (SSSR count). The minimum Gasteiger partial charge on any atom is -0.481 e. The predicted octanol–water partition coefficient (Wildman–Crippen LogP) is 0.943. The van der Waals surface area contributed by atoms with Crippen LogP contribution in [0.3, 0.4) is 0 Å². The van der Waals surface area contributed by atoms with Crippen LogP contribution in [-0.2, 0) is 19.7 Å². The van der Waals surface area contributed by atoms with Crippen molar-refractivity contribution in [2.24, 2.45) is 5.92 Å². The number of carbonyl (C=O) groups is 2. The molecule has 0 saturated carbocycles. The quantitative estimate of drug-likeness (QED) is 0.752. The molecule has 0 aliphatic carbocycles. The number of aliphatic carboxylic acids is 1. The molecule has 0 aromatic heterocycles. The van der Waals surface area contributed by atoms with Gasteiger partial charge in [0.1, 0.15) is 0 Å². The third kappa shape index (κ3) is 6.30. The number of nitrogens with zero attached hydrogens (tertiary/aromatic N) is 1. The van der Waals surface area contributed by atoms with Crippen LogP contribution in [0.1, 0.15) is 39.5 Å². The van der Waals surface area contributed by atoms with Gasteiger partial charge in [0.2, 0.25) is 0 Å². The van der Waals surface area contributed by atoms with Gasteiger partial charge in [-0.2, -0.15) is 12.7 Å². The van der Waals surface area contributed by atoms with Crippen molar-refractivity contribution in [2.45, 2.75) is 45.6 Å². The van der Waals surface area contributed by atoms with Crippen molar-refractivity contribution in [3.63, 3.8) is 0 Å². The summed E-state index contributed by atoms with van der Waals surface area (Å²) in [5, 5.41) is 8.63. The van der Waals surface area contributed by atoms with Gasteiger partial charge in [-0.05, 0) is 39.0 Å². The molecule has 122 valence electrons. The van der Waals surface area contributed by atoms with E-state index in [-0.39, 0.29) is 25.4 Å². The van der Waals surface area contributed by atoms with Gasteiger partial charge in [0, 0.05) is 19.5 Å². The molecule has 9 heteroatoms. The highest BCUT2D eigenvalue weighted by atomic mass is 32.2. The Morgan fingerprint density at radius 1 is 1.33 bits per heavy atom. The van der Waals surface area contributed by atoms with E-state index in [0.717, 1.165) is 0 Å². The van der Waals surface area contributed by atoms with Gasteiger partial charge in [-0.15, -0.1) is 0 Å². The Bertz CT molecular complexity index is 468. The number of rotatable bonds is 6. The summed E-state index contributed by atoms with van der Waals surface area (Å²) in [5.74, 6) is -0.640. The van der Waals surface area contributed by atoms with Crippen LogP contribution in [0.5, 0.6) is 0 Å². The van der Waals surface area contributed by atoms with Gasteiger partial charge in [-0.1, -0.05) is 0 Å². The standard InChI is InChI=1S/C12H22N2O6S/c1-9(2)20-12(17)13-21(18,19)14-7-5-10(6-8-14)3-4-11(15)16/h9-10H,3-8H2,1-2H3,(H,13,17)(H,15,16). The van der Waals surface area contributed by atoms with Crippen molar-refractivity contribution in [3.05, 3.63) is 0 Å². The average Bonchev–Trinajstić information content (AvgIpc) is 2.35. The topological polar surface area (TPSA) is 113 Å². The van der Waals surface area contributed by atoms with Gasteiger partial charge in [0.15, 0.2) is 0 Å². The smallest absolute Gasteiger partial charge is 0.422 e. The van der Waals surface area contributed by atoms with Gasteiger partial charge in [-0.3, -0.25) is 4.79 Å². The summed E-state index contributed by atoms with van der Waals surface area (Å²) in [5.41, 5.74) is 0. The minimum atomic E-state index is -3.89. The first-order valence-corrected chi connectivity index (χ1v) is 8.35. The number of carbonyl (C=O) groups excluding carboxylic acids is 1. The molecule has 0 bridgehead atoms. The molecule has 0 aromatic carbocycles. The van der Waals surface area contributed by atoms with E-state index in [2.05, 4.69) is 0 Å². The van der Waals surface area contributed by atoms with Gasteiger partial charge in [0.05, 0.1) is 6.10 Å². The lowest BCUT2D eigenvalue weighted by Gasteiger charge is -2.30. The molecule has 1 aliphatic rings. The Kier molecular flexibility index (Phi) is 6.41. The number of carboxylic acids is 1. The Balaban J connectivity index is 2.45. The normalized spacial score (nSPS) is 17.7. The van der Waals surface area contributed by atoms with Crippen LogP contribution >= 0.6 is 0 Å². The molecule has 0 atom stereocenters. The van der Waals surface area contributed by atoms with Crippen LogP contribution in [0.2, 0.25) is 0 Å². The summed E-state index contributed by atoms with van der Waals surface area (Å²) in [7, 11) is -3.89. The molecule has 0 spiro atoms.